The molecule has 0 aromatic heterocycles. The molecule has 1 aromatic rings. The van der Waals surface area contributed by atoms with Gasteiger partial charge in [0.05, 0.1) is 5.56 Å². The maximum absolute atomic E-state index is 14.3. The topological polar surface area (TPSA) is 69.7 Å². The lowest BCUT2D eigenvalue weighted by Crippen LogP contribution is -2.37. The Kier molecular flexibility index (Phi) is 4.51. The van der Waals surface area contributed by atoms with Crippen LogP contribution in [0.2, 0.25) is 0 Å². The van der Waals surface area contributed by atoms with Crippen LogP contribution in [-0.4, -0.2) is 54.2 Å². The summed E-state index contributed by atoms with van der Waals surface area (Å²) in [6.45, 7) is 1.54. The number of aryl methyl sites for hydroxylation is 1. The Morgan fingerprint density at radius 2 is 2.08 bits per heavy atom. The minimum absolute atomic E-state index is 0.000137. The molecule has 3 amide bonds. The van der Waals surface area contributed by atoms with E-state index in [0.29, 0.717) is 44.6 Å². The van der Waals surface area contributed by atoms with Crippen LogP contribution in [0.25, 0.3) is 0 Å². The zero-order valence-corrected chi connectivity index (χ0v) is 13.6. The monoisotopic (exact) mass is 333 g/mol. The van der Waals surface area contributed by atoms with E-state index in [4.69, 9.17) is 0 Å². The number of likely N-dealkylation sites (tertiary alicyclic amines) is 1. The van der Waals surface area contributed by atoms with Crippen LogP contribution in [0.4, 0.5) is 10.1 Å². The number of hydrogen-bond donors (Lipinski definition) is 1. The van der Waals surface area contributed by atoms with E-state index in [1.54, 1.807) is 11.9 Å². The molecule has 0 radical (unpaired) electrons. The number of carbonyl (C=O) groups is 3. The number of halogens is 1. The molecular formula is C17H20FN3O3. The molecule has 0 atom stereocenters. The molecule has 0 aliphatic carbocycles. The van der Waals surface area contributed by atoms with Crippen LogP contribution in [-0.2, 0) is 16.0 Å². The molecule has 1 saturated heterocycles. The molecule has 2 aliphatic rings. The first-order chi connectivity index (χ1) is 11.5. The fourth-order valence-corrected chi connectivity index (χ4v) is 3.08. The van der Waals surface area contributed by atoms with Gasteiger partial charge in [-0.25, -0.2) is 4.39 Å². The van der Waals surface area contributed by atoms with Gasteiger partial charge in [-0.15, -0.1) is 0 Å². The molecule has 2 aliphatic heterocycles. The van der Waals surface area contributed by atoms with Crippen molar-refractivity contribution in [1.82, 2.24) is 9.80 Å². The van der Waals surface area contributed by atoms with Crippen molar-refractivity contribution in [3.8, 4) is 0 Å². The molecule has 6 nitrogen and oxygen atoms in total. The highest BCUT2D eigenvalue weighted by Gasteiger charge is 2.24. The van der Waals surface area contributed by atoms with Crippen molar-refractivity contribution in [2.45, 2.75) is 25.7 Å². The maximum Gasteiger partial charge on any atom is 0.256 e. The summed E-state index contributed by atoms with van der Waals surface area (Å²) in [5, 5.41) is 2.62. The molecule has 24 heavy (non-hydrogen) atoms. The lowest BCUT2D eigenvalue weighted by Gasteiger charge is -2.23. The second kappa shape index (κ2) is 6.59. The number of fused-ring (bicyclic) bond motifs is 1. The second-order valence-electron chi connectivity index (χ2n) is 6.25. The Hall–Kier alpha value is -2.44. The highest BCUT2D eigenvalue weighted by Crippen LogP contribution is 2.26. The third-order valence-corrected chi connectivity index (χ3v) is 4.54. The van der Waals surface area contributed by atoms with E-state index in [2.05, 4.69) is 5.32 Å². The summed E-state index contributed by atoms with van der Waals surface area (Å²) in [5.74, 6) is -1.11. The number of rotatable bonds is 4. The molecule has 0 bridgehead atoms. The average molecular weight is 333 g/mol. The minimum Gasteiger partial charge on any atom is -0.341 e. The van der Waals surface area contributed by atoms with Gasteiger partial charge in [0, 0.05) is 45.2 Å². The van der Waals surface area contributed by atoms with Gasteiger partial charge in [-0.2, -0.15) is 0 Å². The molecule has 0 saturated carbocycles. The van der Waals surface area contributed by atoms with Crippen LogP contribution in [0.1, 0.15) is 35.2 Å². The van der Waals surface area contributed by atoms with Crippen molar-refractivity contribution in [2.24, 2.45) is 0 Å². The number of likely N-dealkylation sites (N-methyl/N-ethyl adjacent to an activating group) is 1. The van der Waals surface area contributed by atoms with E-state index >= 15 is 0 Å². The van der Waals surface area contributed by atoms with Gasteiger partial charge < -0.3 is 15.1 Å². The van der Waals surface area contributed by atoms with Crippen LogP contribution < -0.4 is 5.32 Å². The van der Waals surface area contributed by atoms with E-state index in [1.807, 2.05) is 0 Å². The second-order valence-corrected chi connectivity index (χ2v) is 6.25. The minimum atomic E-state index is -0.648. The van der Waals surface area contributed by atoms with Gasteiger partial charge in [-0.3, -0.25) is 14.4 Å². The zero-order chi connectivity index (χ0) is 17.3. The van der Waals surface area contributed by atoms with Crippen molar-refractivity contribution in [3.63, 3.8) is 0 Å². The van der Waals surface area contributed by atoms with E-state index in [1.165, 1.54) is 17.0 Å². The third kappa shape index (κ3) is 3.25. The highest BCUT2D eigenvalue weighted by atomic mass is 19.1. The zero-order valence-electron chi connectivity index (χ0n) is 13.6. The van der Waals surface area contributed by atoms with Gasteiger partial charge in [-0.1, -0.05) is 0 Å². The standard InChI is InChI=1S/C17H20FN3O3/c1-20(7-8-21-6-2-3-16(21)23)17(24)12-9-11-4-5-15(22)19-14(11)10-13(12)18/h9-10H,2-8H2,1H3,(H,19,22). The van der Waals surface area contributed by atoms with Crippen LogP contribution in [0, 0.1) is 5.82 Å². The van der Waals surface area contributed by atoms with E-state index in [-0.39, 0.29) is 17.4 Å². The molecule has 0 unspecified atom stereocenters. The number of carbonyl (C=O) groups excluding carboxylic acids is 3. The van der Waals surface area contributed by atoms with E-state index in [0.717, 1.165) is 12.0 Å². The molecular weight excluding hydrogens is 313 g/mol. The van der Waals surface area contributed by atoms with Crippen molar-refractivity contribution in [1.29, 1.82) is 0 Å². The largest absolute Gasteiger partial charge is 0.341 e. The van der Waals surface area contributed by atoms with Gasteiger partial charge in [0.1, 0.15) is 5.82 Å². The Morgan fingerprint density at radius 1 is 1.29 bits per heavy atom. The quantitative estimate of drug-likeness (QED) is 0.906. The number of nitrogens with zero attached hydrogens (tertiary/aromatic N) is 2. The van der Waals surface area contributed by atoms with Crippen molar-refractivity contribution < 1.29 is 18.8 Å². The molecule has 1 fully saturated rings. The molecule has 2 heterocycles. The first-order valence-corrected chi connectivity index (χ1v) is 8.11. The number of amides is 3. The molecule has 3 rings (SSSR count). The Bertz CT molecular complexity index is 705. The lowest BCUT2D eigenvalue weighted by molar-refractivity contribution is -0.127. The molecule has 7 heteroatoms. The van der Waals surface area contributed by atoms with Gasteiger partial charge >= 0.3 is 0 Å². The summed E-state index contributed by atoms with van der Waals surface area (Å²) in [5.41, 5.74) is 1.20. The van der Waals surface area contributed by atoms with Crippen LogP contribution in [0.5, 0.6) is 0 Å². The number of benzene rings is 1. The maximum atomic E-state index is 14.3. The summed E-state index contributed by atoms with van der Waals surface area (Å²) in [6, 6.07) is 2.72. The summed E-state index contributed by atoms with van der Waals surface area (Å²) in [7, 11) is 1.60. The lowest BCUT2D eigenvalue weighted by atomic mass is 9.99. The van der Waals surface area contributed by atoms with E-state index in [9.17, 15) is 18.8 Å². The van der Waals surface area contributed by atoms with Gasteiger partial charge in [0.2, 0.25) is 11.8 Å². The summed E-state index contributed by atoms with van der Waals surface area (Å²) < 4.78 is 14.3. The van der Waals surface area contributed by atoms with Crippen LogP contribution >= 0.6 is 0 Å². The van der Waals surface area contributed by atoms with Gasteiger partial charge in [-0.05, 0) is 30.5 Å². The van der Waals surface area contributed by atoms with E-state index < -0.39 is 11.7 Å². The van der Waals surface area contributed by atoms with Crippen molar-refractivity contribution >= 4 is 23.4 Å². The Labute approximate surface area is 139 Å². The summed E-state index contributed by atoms with van der Waals surface area (Å²) in [6.07, 6.45) is 2.23. The number of hydrogen-bond acceptors (Lipinski definition) is 3. The predicted molar refractivity (Wildman–Crippen MR) is 86.1 cm³/mol. The molecule has 1 aromatic carbocycles. The summed E-state index contributed by atoms with van der Waals surface area (Å²) >= 11 is 0. The molecule has 128 valence electrons. The summed E-state index contributed by atoms with van der Waals surface area (Å²) in [4.78, 5) is 38.6. The SMILES string of the molecule is CN(CCN1CCCC1=O)C(=O)c1cc2c(cc1F)NC(=O)CC2. The van der Waals surface area contributed by atoms with Gasteiger partial charge in [0.15, 0.2) is 0 Å². The first-order valence-electron chi connectivity index (χ1n) is 8.11. The highest BCUT2D eigenvalue weighted by molar-refractivity contribution is 5.98. The van der Waals surface area contributed by atoms with Crippen molar-refractivity contribution in [2.75, 3.05) is 32.0 Å². The fraction of sp³-hybridized carbons (Fsp3) is 0.471. The van der Waals surface area contributed by atoms with Crippen LogP contribution in [0.15, 0.2) is 12.1 Å². The number of anilines is 1. The Balaban J connectivity index is 1.70. The van der Waals surface area contributed by atoms with Crippen LogP contribution in [0.3, 0.4) is 0 Å². The average Bonchev–Trinajstić information content (AvgIpc) is 2.96. The first kappa shape index (κ1) is 16.4. The number of nitrogens with one attached hydrogen (secondary N) is 1. The molecule has 1 N–H and O–H groups in total. The third-order valence-electron chi connectivity index (χ3n) is 4.54. The fourth-order valence-electron chi connectivity index (χ4n) is 3.08. The smallest absolute Gasteiger partial charge is 0.256 e. The molecule has 0 spiro atoms. The van der Waals surface area contributed by atoms with Gasteiger partial charge in [0.25, 0.3) is 5.91 Å². The predicted octanol–water partition coefficient (Wildman–Crippen LogP) is 1.40. The van der Waals surface area contributed by atoms with Crippen molar-refractivity contribution in [3.05, 3.63) is 29.1 Å². The Morgan fingerprint density at radius 3 is 2.79 bits per heavy atom. The normalized spacial score (nSPS) is 16.8.